The van der Waals surface area contributed by atoms with E-state index in [4.69, 9.17) is 0 Å². The first-order valence-corrected chi connectivity index (χ1v) is 4.92. The summed E-state index contributed by atoms with van der Waals surface area (Å²) in [6.45, 7) is 0.748. The molecule has 0 unspecified atom stereocenters. The number of anilines is 1. The number of hydrogen-bond donors (Lipinski definition) is 1. The molecule has 15 heavy (non-hydrogen) atoms. The molecule has 1 aromatic carbocycles. The minimum atomic E-state index is 0.748. The molecule has 0 spiro atoms. The topological polar surface area (TPSA) is 32.6 Å². The maximum absolute atomic E-state index is 3.97. The molecule has 0 saturated heterocycles. The van der Waals surface area contributed by atoms with Gasteiger partial charge in [0.05, 0.1) is 0 Å². The maximum atomic E-state index is 3.97. The van der Waals surface area contributed by atoms with E-state index >= 15 is 0 Å². The van der Waals surface area contributed by atoms with Crippen molar-refractivity contribution in [2.75, 3.05) is 11.6 Å². The Morgan fingerprint density at radius 2 is 2.27 bits per heavy atom. The minimum Gasteiger partial charge on any atom is -0.351 e. The number of hydrogen-bond acceptors (Lipinski definition) is 3. The lowest BCUT2D eigenvalue weighted by Crippen LogP contribution is -2.22. The highest BCUT2D eigenvalue weighted by atomic mass is 15.5. The van der Waals surface area contributed by atoms with Crippen LogP contribution in [0.2, 0.25) is 0 Å². The van der Waals surface area contributed by atoms with Crippen LogP contribution in [-0.4, -0.2) is 17.6 Å². The van der Waals surface area contributed by atoms with E-state index < -0.39 is 0 Å². The lowest BCUT2D eigenvalue weighted by molar-refractivity contribution is 0.808. The number of aryl methyl sites for hydroxylation is 1. The molecule has 1 N–H and O–H groups in total. The number of fused-ring (bicyclic) bond motifs is 1. The number of hydrazone groups is 1. The highest BCUT2D eigenvalue weighted by Gasteiger charge is 2.08. The van der Waals surface area contributed by atoms with Crippen LogP contribution in [0.25, 0.3) is 10.9 Å². The average molecular weight is 200 g/mol. The fourth-order valence-corrected chi connectivity index (χ4v) is 1.87. The van der Waals surface area contributed by atoms with Crippen LogP contribution in [0.1, 0.15) is 0 Å². The van der Waals surface area contributed by atoms with Crippen LogP contribution in [-0.2, 0) is 7.05 Å². The number of rotatable bonds is 1. The van der Waals surface area contributed by atoms with Crippen LogP contribution >= 0.6 is 0 Å². The second kappa shape index (κ2) is 3.02. The van der Waals surface area contributed by atoms with Gasteiger partial charge in [0.25, 0.3) is 0 Å². The fourth-order valence-electron chi connectivity index (χ4n) is 1.87. The Morgan fingerprint density at radius 1 is 1.33 bits per heavy atom. The second-order valence-electron chi connectivity index (χ2n) is 3.70. The number of benzene rings is 1. The summed E-state index contributed by atoms with van der Waals surface area (Å²) in [4.78, 5) is 2.08. The van der Waals surface area contributed by atoms with Crippen molar-refractivity contribution < 1.29 is 0 Å². The third kappa shape index (κ3) is 1.26. The maximum Gasteiger partial charge on any atom is 0.117 e. The predicted octanol–water partition coefficient (Wildman–Crippen LogP) is 1.49. The molecule has 1 aliphatic rings. The summed E-state index contributed by atoms with van der Waals surface area (Å²) in [7, 11) is 2.06. The summed E-state index contributed by atoms with van der Waals surface area (Å²) in [6, 6.07) is 8.55. The van der Waals surface area contributed by atoms with Crippen LogP contribution < -0.4 is 10.3 Å². The molecule has 0 bridgehead atoms. The van der Waals surface area contributed by atoms with E-state index in [2.05, 4.69) is 57.5 Å². The van der Waals surface area contributed by atoms with Crippen molar-refractivity contribution in [3.8, 4) is 0 Å². The third-order valence-corrected chi connectivity index (χ3v) is 2.73. The van der Waals surface area contributed by atoms with Crippen LogP contribution in [0.3, 0.4) is 0 Å². The Hall–Kier alpha value is -1.97. The van der Waals surface area contributed by atoms with Gasteiger partial charge in [0.2, 0.25) is 0 Å². The van der Waals surface area contributed by atoms with Crippen molar-refractivity contribution in [2.45, 2.75) is 0 Å². The lowest BCUT2D eigenvalue weighted by Gasteiger charge is -2.13. The summed E-state index contributed by atoms with van der Waals surface area (Å²) >= 11 is 0. The van der Waals surface area contributed by atoms with Crippen molar-refractivity contribution in [2.24, 2.45) is 12.1 Å². The summed E-state index contributed by atoms with van der Waals surface area (Å²) in [5.74, 6) is 0. The molecule has 2 aromatic rings. The fraction of sp³-hybridized carbons (Fsp3) is 0.182. The summed E-state index contributed by atoms with van der Waals surface area (Å²) < 4.78 is 2.12. The zero-order valence-corrected chi connectivity index (χ0v) is 8.51. The molecular formula is C11H12N4. The first kappa shape index (κ1) is 8.35. The van der Waals surface area contributed by atoms with Gasteiger partial charge in [0.15, 0.2) is 0 Å². The molecule has 0 aliphatic carbocycles. The van der Waals surface area contributed by atoms with E-state index in [1.807, 2.05) is 6.34 Å². The van der Waals surface area contributed by atoms with Crippen molar-refractivity contribution in [1.82, 2.24) is 9.99 Å². The molecule has 0 fully saturated rings. The molecule has 4 nitrogen and oxygen atoms in total. The first-order chi connectivity index (χ1) is 7.34. The molecule has 1 aromatic heterocycles. The third-order valence-electron chi connectivity index (χ3n) is 2.73. The van der Waals surface area contributed by atoms with Gasteiger partial charge in [-0.1, -0.05) is 0 Å². The molecule has 0 saturated carbocycles. The Labute approximate surface area is 87.8 Å². The van der Waals surface area contributed by atoms with E-state index in [1.54, 1.807) is 0 Å². The van der Waals surface area contributed by atoms with E-state index in [0.717, 1.165) is 6.67 Å². The Kier molecular flexibility index (Phi) is 1.68. The van der Waals surface area contributed by atoms with Crippen LogP contribution in [0.4, 0.5) is 5.69 Å². The van der Waals surface area contributed by atoms with Gasteiger partial charge in [-0.05, 0) is 24.3 Å². The summed E-state index contributed by atoms with van der Waals surface area (Å²) in [5, 5.41) is 5.23. The van der Waals surface area contributed by atoms with Crippen molar-refractivity contribution in [3.05, 3.63) is 30.5 Å². The molecule has 2 heterocycles. The zero-order chi connectivity index (χ0) is 10.3. The molecule has 1 aliphatic heterocycles. The van der Waals surface area contributed by atoms with Crippen LogP contribution in [0.5, 0.6) is 0 Å². The van der Waals surface area contributed by atoms with Gasteiger partial charge in [0, 0.05) is 29.8 Å². The highest BCUT2D eigenvalue weighted by Crippen LogP contribution is 2.22. The van der Waals surface area contributed by atoms with Gasteiger partial charge >= 0.3 is 0 Å². The Morgan fingerprint density at radius 3 is 3.07 bits per heavy atom. The van der Waals surface area contributed by atoms with Crippen molar-refractivity contribution >= 4 is 22.9 Å². The quantitative estimate of drug-likeness (QED) is 0.756. The van der Waals surface area contributed by atoms with Crippen molar-refractivity contribution in [1.29, 1.82) is 0 Å². The second-order valence-corrected chi connectivity index (χ2v) is 3.70. The zero-order valence-electron chi connectivity index (χ0n) is 8.51. The van der Waals surface area contributed by atoms with E-state index in [1.165, 1.54) is 16.6 Å². The monoisotopic (exact) mass is 200 g/mol. The van der Waals surface area contributed by atoms with Gasteiger partial charge in [-0.25, -0.2) is 0 Å². The molecular weight excluding hydrogens is 188 g/mol. The molecule has 0 atom stereocenters. The smallest absolute Gasteiger partial charge is 0.117 e. The van der Waals surface area contributed by atoms with Gasteiger partial charge < -0.3 is 9.47 Å². The number of aromatic nitrogens is 1. The highest BCUT2D eigenvalue weighted by molar-refractivity contribution is 5.88. The first-order valence-electron chi connectivity index (χ1n) is 4.92. The average Bonchev–Trinajstić information content (AvgIpc) is 2.88. The van der Waals surface area contributed by atoms with Crippen LogP contribution in [0, 0.1) is 0 Å². The molecule has 3 rings (SSSR count). The van der Waals surface area contributed by atoms with E-state index in [0.29, 0.717) is 0 Å². The van der Waals surface area contributed by atoms with Gasteiger partial charge in [-0.2, -0.15) is 5.10 Å². The number of nitrogens with zero attached hydrogens (tertiary/aromatic N) is 3. The number of nitrogens with one attached hydrogen (secondary N) is 1. The normalized spacial score (nSPS) is 14.9. The largest absolute Gasteiger partial charge is 0.351 e. The van der Waals surface area contributed by atoms with Crippen LogP contribution in [0.15, 0.2) is 35.6 Å². The molecule has 4 heteroatoms. The molecule has 0 radical (unpaired) electrons. The minimum absolute atomic E-state index is 0.748. The van der Waals surface area contributed by atoms with Crippen molar-refractivity contribution in [3.63, 3.8) is 0 Å². The predicted molar refractivity (Wildman–Crippen MR) is 61.9 cm³/mol. The Bertz CT molecular complexity index is 526. The van der Waals surface area contributed by atoms with E-state index in [-0.39, 0.29) is 0 Å². The lowest BCUT2D eigenvalue weighted by atomic mass is 10.2. The molecule has 0 amide bonds. The molecule has 76 valence electrons. The van der Waals surface area contributed by atoms with E-state index in [9.17, 15) is 0 Å². The van der Waals surface area contributed by atoms with Gasteiger partial charge in [0.1, 0.15) is 13.0 Å². The summed E-state index contributed by atoms with van der Waals surface area (Å²) in [5.41, 5.74) is 5.34. The van der Waals surface area contributed by atoms with Gasteiger partial charge in [-0.3, -0.25) is 5.43 Å². The van der Waals surface area contributed by atoms with Gasteiger partial charge in [-0.15, -0.1) is 0 Å². The summed E-state index contributed by atoms with van der Waals surface area (Å²) in [6.07, 6.45) is 3.88. The SMILES string of the molecule is Cn1ccc2cc(N3C=NNC3)ccc21. The standard InChI is InChI=1S/C11H12N4/c1-14-5-4-9-6-10(2-3-11(9)14)15-7-12-13-8-15/h2-7,13H,8H2,1H3. The Balaban J connectivity index is 2.09.